The predicted molar refractivity (Wildman–Crippen MR) is 72.5 cm³/mol. The molecule has 0 aliphatic rings. The molecule has 0 heterocycles. The van der Waals surface area contributed by atoms with Gasteiger partial charge in [0.25, 0.3) is 0 Å². The van der Waals surface area contributed by atoms with Crippen molar-refractivity contribution in [3.05, 3.63) is 30.1 Å². The van der Waals surface area contributed by atoms with Gasteiger partial charge in [0, 0.05) is 6.42 Å². The van der Waals surface area contributed by atoms with Gasteiger partial charge in [-0.25, -0.2) is 4.39 Å². The number of para-hydroxylation sites is 1. The highest BCUT2D eigenvalue weighted by atomic mass is 19.4. The Labute approximate surface area is 133 Å². The first-order valence-corrected chi connectivity index (χ1v) is 6.92. The van der Waals surface area contributed by atoms with E-state index in [1.54, 1.807) is 6.92 Å². The van der Waals surface area contributed by atoms with Gasteiger partial charge < -0.3 is 10.6 Å². The Morgan fingerprint density at radius 3 is 2.04 bits per heavy atom. The molecule has 0 aromatic heterocycles. The second-order valence-corrected chi connectivity index (χ2v) is 5.00. The smallest absolute Gasteiger partial charge is 0.345 e. The third-order valence-electron chi connectivity index (χ3n) is 3.13. The number of carbonyl (C=O) groups is 1. The van der Waals surface area contributed by atoms with Crippen molar-refractivity contribution in [1.29, 1.82) is 0 Å². The zero-order valence-electron chi connectivity index (χ0n) is 12.5. The Kier molecular flexibility index (Phi) is 6.07. The van der Waals surface area contributed by atoms with Crippen LogP contribution in [0, 0.1) is 5.82 Å². The minimum atomic E-state index is -5.96. The van der Waals surface area contributed by atoms with E-state index in [1.165, 1.54) is 0 Å². The van der Waals surface area contributed by atoms with Crippen molar-refractivity contribution in [1.82, 2.24) is 5.32 Å². The summed E-state index contributed by atoms with van der Waals surface area (Å²) < 4.78 is 93.0. The molecule has 3 nitrogen and oxygen atoms in total. The van der Waals surface area contributed by atoms with Gasteiger partial charge in [-0.2, -0.15) is 26.3 Å². The molecular weight excluding hydrogens is 345 g/mol. The van der Waals surface area contributed by atoms with Crippen LogP contribution in [0.2, 0.25) is 0 Å². The third-order valence-corrected chi connectivity index (χ3v) is 3.13. The molecule has 0 spiro atoms. The number of rotatable bonds is 6. The molecular formula is C14H15F7N2O. The van der Waals surface area contributed by atoms with E-state index in [0.29, 0.717) is 18.6 Å². The SMILES string of the molecule is CCCCC(=O)NC(Nc1ccccc1F)(C(F)(F)F)C(F)(F)F. The van der Waals surface area contributed by atoms with E-state index in [9.17, 15) is 35.5 Å². The quantitative estimate of drug-likeness (QED) is 0.584. The van der Waals surface area contributed by atoms with Gasteiger partial charge in [0.05, 0.1) is 5.69 Å². The molecule has 1 aromatic rings. The van der Waals surface area contributed by atoms with Crippen molar-refractivity contribution in [2.45, 2.75) is 44.2 Å². The average molecular weight is 360 g/mol. The number of anilines is 1. The Hall–Kier alpha value is -2.00. The van der Waals surface area contributed by atoms with E-state index < -0.39 is 41.8 Å². The Balaban J connectivity index is 3.33. The molecule has 0 fully saturated rings. The van der Waals surface area contributed by atoms with E-state index >= 15 is 0 Å². The maximum atomic E-state index is 13.5. The Bertz CT molecular complexity index is 555. The third kappa shape index (κ3) is 4.30. The summed E-state index contributed by atoms with van der Waals surface area (Å²) in [5, 5.41) is 2.05. The van der Waals surface area contributed by atoms with Crippen LogP contribution in [0.4, 0.5) is 36.4 Å². The molecule has 1 amide bonds. The van der Waals surface area contributed by atoms with Crippen molar-refractivity contribution in [2.24, 2.45) is 0 Å². The lowest BCUT2D eigenvalue weighted by molar-refractivity contribution is -0.296. The highest BCUT2D eigenvalue weighted by molar-refractivity contribution is 5.77. The van der Waals surface area contributed by atoms with Gasteiger partial charge in [-0.3, -0.25) is 4.79 Å². The Morgan fingerprint density at radius 2 is 1.58 bits per heavy atom. The van der Waals surface area contributed by atoms with Crippen LogP contribution in [-0.2, 0) is 4.79 Å². The normalized spacial score (nSPS) is 12.8. The largest absolute Gasteiger partial charge is 0.439 e. The number of hydrogen-bond donors (Lipinski definition) is 2. The average Bonchev–Trinajstić information content (AvgIpc) is 2.44. The highest BCUT2D eigenvalue weighted by Crippen LogP contribution is 2.43. The number of benzene rings is 1. The molecule has 0 atom stereocenters. The zero-order valence-corrected chi connectivity index (χ0v) is 12.5. The molecule has 0 radical (unpaired) electrons. The molecule has 0 aliphatic carbocycles. The number of carbonyl (C=O) groups excluding carboxylic acids is 1. The van der Waals surface area contributed by atoms with Crippen LogP contribution in [0.3, 0.4) is 0 Å². The molecule has 0 unspecified atom stereocenters. The first-order chi connectivity index (χ1) is 10.9. The van der Waals surface area contributed by atoms with E-state index in [2.05, 4.69) is 0 Å². The summed E-state index contributed by atoms with van der Waals surface area (Å²) in [6, 6.07) is 3.56. The maximum Gasteiger partial charge on any atom is 0.439 e. The lowest BCUT2D eigenvalue weighted by atomic mass is 10.1. The summed E-state index contributed by atoms with van der Waals surface area (Å²) in [6.45, 7) is 1.62. The van der Waals surface area contributed by atoms with Gasteiger partial charge in [0.2, 0.25) is 5.91 Å². The number of amides is 1. The van der Waals surface area contributed by atoms with Crippen molar-refractivity contribution < 1.29 is 35.5 Å². The van der Waals surface area contributed by atoms with Crippen LogP contribution in [-0.4, -0.2) is 23.9 Å². The lowest BCUT2D eigenvalue weighted by Gasteiger charge is -2.39. The fraction of sp³-hybridized carbons (Fsp3) is 0.500. The number of nitrogens with one attached hydrogen (secondary N) is 2. The molecule has 0 aliphatic heterocycles. The molecule has 0 saturated heterocycles. The van der Waals surface area contributed by atoms with Gasteiger partial charge in [-0.1, -0.05) is 25.5 Å². The number of hydrogen-bond acceptors (Lipinski definition) is 2. The number of unbranched alkanes of at least 4 members (excludes halogenated alkanes) is 1. The monoisotopic (exact) mass is 360 g/mol. The van der Waals surface area contributed by atoms with Crippen molar-refractivity contribution in [3.63, 3.8) is 0 Å². The standard InChI is InChI=1S/C14H15F7N2O/c1-2-3-8-11(24)23-12(13(16,17)18,14(19,20)21)22-10-7-5-4-6-9(10)15/h4-7,22H,2-3,8H2,1H3,(H,23,24). The molecule has 2 N–H and O–H groups in total. The molecule has 24 heavy (non-hydrogen) atoms. The van der Waals surface area contributed by atoms with Crippen LogP contribution in [0.1, 0.15) is 26.2 Å². The fourth-order valence-electron chi connectivity index (χ4n) is 1.85. The first-order valence-electron chi connectivity index (χ1n) is 6.92. The van der Waals surface area contributed by atoms with E-state index in [0.717, 1.165) is 22.8 Å². The van der Waals surface area contributed by atoms with E-state index in [4.69, 9.17) is 0 Å². The molecule has 1 rings (SSSR count). The molecule has 10 heteroatoms. The van der Waals surface area contributed by atoms with Crippen LogP contribution in [0.5, 0.6) is 0 Å². The maximum absolute atomic E-state index is 13.5. The molecule has 0 bridgehead atoms. The Morgan fingerprint density at radius 1 is 1.04 bits per heavy atom. The van der Waals surface area contributed by atoms with Crippen molar-refractivity contribution in [3.8, 4) is 0 Å². The summed E-state index contributed by atoms with van der Waals surface area (Å²) in [6.07, 6.45) is -11.9. The van der Waals surface area contributed by atoms with Gasteiger partial charge in [-0.15, -0.1) is 0 Å². The predicted octanol–water partition coefficient (Wildman–Crippen LogP) is 4.36. The summed E-state index contributed by atoms with van der Waals surface area (Å²) in [5.74, 6) is -2.77. The van der Waals surface area contributed by atoms with Crippen molar-refractivity contribution in [2.75, 3.05) is 5.32 Å². The van der Waals surface area contributed by atoms with Crippen LogP contribution < -0.4 is 10.6 Å². The van der Waals surface area contributed by atoms with Gasteiger partial charge >= 0.3 is 18.0 Å². The van der Waals surface area contributed by atoms with Crippen LogP contribution in [0.15, 0.2) is 24.3 Å². The van der Waals surface area contributed by atoms with Crippen LogP contribution >= 0.6 is 0 Å². The second-order valence-electron chi connectivity index (χ2n) is 5.00. The second kappa shape index (κ2) is 7.27. The highest BCUT2D eigenvalue weighted by Gasteiger charge is 2.72. The van der Waals surface area contributed by atoms with Gasteiger partial charge in [0.1, 0.15) is 5.82 Å². The van der Waals surface area contributed by atoms with Crippen LogP contribution in [0.25, 0.3) is 0 Å². The minimum Gasteiger partial charge on any atom is -0.345 e. The topological polar surface area (TPSA) is 41.1 Å². The van der Waals surface area contributed by atoms with E-state index in [-0.39, 0.29) is 6.42 Å². The lowest BCUT2D eigenvalue weighted by Crippen LogP contribution is -2.72. The van der Waals surface area contributed by atoms with Gasteiger partial charge in [0.15, 0.2) is 0 Å². The van der Waals surface area contributed by atoms with E-state index in [1.807, 2.05) is 0 Å². The summed E-state index contributed by atoms with van der Waals surface area (Å²) in [4.78, 5) is 11.5. The van der Waals surface area contributed by atoms with Gasteiger partial charge in [-0.05, 0) is 18.6 Å². The molecule has 1 aromatic carbocycles. The first kappa shape index (κ1) is 20.0. The fourth-order valence-corrected chi connectivity index (χ4v) is 1.85. The summed E-state index contributed by atoms with van der Waals surface area (Å²) in [7, 11) is 0. The van der Waals surface area contributed by atoms with Crippen molar-refractivity contribution >= 4 is 11.6 Å². The summed E-state index contributed by atoms with van der Waals surface area (Å²) >= 11 is 0. The summed E-state index contributed by atoms with van der Waals surface area (Å²) in [5.41, 5.74) is -5.84. The molecule has 0 saturated carbocycles. The number of alkyl halides is 6. The number of halogens is 7. The zero-order chi connectivity index (χ0) is 18.6. The minimum absolute atomic E-state index is 0.108. The molecule has 136 valence electrons.